The molecule has 16 heavy (non-hydrogen) atoms. The molecule has 1 aromatic rings. The van der Waals surface area contributed by atoms with Crippen molar-refractivity contribution in [1.29, 1.82) is 0 Å². The molecule has 0 unspecified atom stereocenters. The van der Waals surface area contributed by atoms with Crippen molar-refractivity contribution in [3.8, 4) is 5.75 Å². The van der Waals surface area contributed by atoms with Gasteiger partial charge in [-0.25, -0.2) is 0 Å². The van der Waals surface area contributed by atoms with Gasteiger partial charge in [0.05, 0.1) is 5.71 Å². The van der Waals surface area contributed by atoms with E-state index in [1.165, 1.54) is 0 Å². The standard InChI is InChI=1S/C12H16N2O2/c1-4-5-10-11(13-3)7-6-9(12(10)15)8(2)14-16/h4,6-7,13,15-16H,1,5H2,2-3H3/b14-8+. The van der Waals surface area contributed by atoms with Crippen LogP contribution in [0.1, 0.15) is 18.1 Å². The zero-order chi connectivity index (χ0) is 12.1. The number of allylic oxidation sites excluding steroid dienone is 1. The van der Waals surface area contributed by atoms with Gasteiger partial charge in [0.25, 0.3) is 0 Å². The van der Waals surface area contributed by atoms with Crippen LogP contribution in [-0.2, 0) is 6.42 Å². The molecular formula is C12H16N2O2. The number of anilines is 1. The van der Waals surface area contributed by atoms with Crippen LogP contribution in [0.4, 0.5) is 5.69 Å². The van der Waals surface area contributed by atoms with Gasteiger partial charge in [0.1, 0.15) is 5.75 Å². The lowest BCUT2D eigenvalue weighted by atomic mass is 10.0. The quantitative estimate of drug-likeness (QED) is 0.316. The second-order valence-corrected chi connectivity index (χ2v) is 3.42. The Morgan fingerprint density at radius 1 is 1.56 bits per heavy atom. The van der Waals surface area contributed by atoms with E-state index in [9.17, 15) is 5.11 Å². The smallest absolute Gasteiger partial charge is 0.130 e. The van der Waals surface area contributed by atoms with Crippen LogP contribution in [0, 0.1) is 0 Å². The van der Waals surface area contributed by atoms with E-state index in [4.69, 9.17) is 5.21 Å². The molecule has 0 aliphatic rings. The van der Waals surface area contributed by atoms with Gasteiger partial charge in [-0.2, -0.15) is 0 Å². The fourth-order valence-electron chi connectivity index (χ4n) is 1.57. The van der Waals surface area contributed by atoms with Crippen molar-refractivity contribution in [2.24, 2.45) is 5.16 Å². The van der Waals surface area contributed by atoms with Crippen molar-refractivity contribution in [3.05, 3.63) is 35.9 Å². The third-order valence-corrected chi connectivity index (χ3v) is 2.44. The summed E-state index contributed by atoms with van der Waals surface area (Å²) in [5.41, 5.74) is 2.49. The van der Waals surface area contributed by atoms with Crippen LogP contribution in [0.25, 0.3) is 0 Å². The summed E-state index contributed by atoms with van der Waals surface area (Å²) >= 11 is 0. The molecule has 0 saturated carbocycles. The molecule has 0 aromatic heterocycles. The molecule has 1 aromatic carbocycles. The van der Waals surface area contributed by atoms with Crippen LogP contribution in [0.3, 0.4) is 0 Å². The second kappa shape index (κ2) is 5.21. The Morgan fingerprint density at radius 3 is 2.75 bits per heavy atom. The minimum atomic E-state index is 0.127. The summed E-state index contributed by atoms with van der Waals surface area (Å²) in [4.78, 5) is 0. The van der Waals surface area contributed by atoms with Crippen LogP contribution in [0.5, 0.6) is 5.75 Å². The molecule has 0 amide bonds. The highest BCUT2D eigenvalue weighted by Gasteiger charge is 2.12. The first kappa shape index (κ1) is 12.1. The fourth-order valence-corrected chi connectivity index (χ4v) is 1.57. The fraction of sp³-hybridized carbons (Fsp3) is 0.250. The third kappa shape index (κ3) is 2.16. The molecule has 0 aliphatic carbocycles. The highest BCUT2D eigenvalue weighted by Crippen LogP contribution is 2.30. The zero-order valence-electron chi connectivity index (χ0n) is 9.49. The van der Waals surface area contributed by atoms with Crippen molar-refractivity contribution in [3.63, 3.8) is 0 Å². The Bertz CT molecular complexity index is 425. The summed E-state index contributed by atoms with van der Waals surface area (Å²) in [5, 5.41) is 24.8. The summed E-state index contributed by atoms with van der Waals surface area (Å²) < 4.78 is 0. The lowest BCUT2D eigenvalue weighted by molar-refractivity contribution is 0.318. The Morgan fingerprint density at radius 2 is 2.25 bits per heavy atom. The van der Waals surface area contributed by atoms with Crippen molar-refractivity contribution in [2.75, 3.05) is 12.4 Å². The van der Waals surface area contributed by atoms with Gasteiger partial charge in [-0.3, -0.25) is 0 Å². The molecular weight excluding hydrogens is 204 g/mol. The Balaban J connectivity index is 3.36. The van der Waals surface area contributed by atoms with E-state index in [0.29, 0.717) is 17.7 Å². The van der Waals surface area contributed by atoms with Crippen LogP contribution in [-0.4, -0.2) is 23.1 Å². The number of hydrogen-bond acceptors (Lipinski definition) is 4. The number of benzene rings is 1. The van der Waals surface area contributed by atoms with E-state index < -0.39 is 0 Å². The van der Waals surface area contributed by atoms with Gasteiger partial charge in [-0.05, 0) is 25.5 Å². The molecule has 0 spiro atoms. The number of rotatable bonds is 4. The summed E-state index contributed by atoms with van der Waals surface area (Å²) in [6.07, 6.45) is 2.26. The molecule has 0 bridgehead atoms. The first-order chi connectivity index (χ1) is 7.65. The minimum absolute atomic E-state index is 0.127. The van der Waals surface area contributed by atoms with Gasteiger partial charge in [0, 0.05) is 23.9 Å². The molecule has 86 valence electrons. The predicted octanol–water partition coefficient (Wildman–Crippen LogP) is 2.36. The maximum Gasteiger partial charge on any atom is 0.130 e. The largest absolute Gasteiger partial charge is 0.507 e. The highest BCUT2D eigenvalue weighted by atomic mass is 16.4. The second-order valence-electron chi connectivity index (χ2n) is 3.42. The molecule has 0 atom stereocenters. The van der Waals surface area contributed by atoms with Crippen LogP contribution < -0.4 is 5.32 Å². The maximum atomic E-state index is 10.1. The van der Waals surface area contributed by atoms with Crippen molar-refractivity contribution in [2.45, 2.75) is 13.3 Å². The normalized spacial score (nSPS) is 11.2. The number of hydrogen-bond donors (Lipinski definition) is 3. The molecule has 0 heterocycles. The molecule has 4 heteroatoms. The lowest BCUT2D eigenvalue weighted by Gasteiger charge is -2.12. The summed E-state index contributed by atoms with van der Waals surface area (Å²) in [6.45, 7) is 5.28. The number of nitrogens with one attached hydrogen (secondary N) is 1. The predicted molar refractivity (Wildman–Crippen MR) is 65.6 cm³/mol. The van der Waals surface area contributed by atoms with E-state index in [-0.39, 0.29) is 5.75 Å². The molecule has 0 fully saturated rings. The molecule has 1 rings (SSSR count). The molecule has 3 N–H and O–H groups in total. The number of oxime groups is 1. The summed E-state index contributed by atoms with van der Waals surface area (Å²) in [5.74, 6) is 0.127. The maximum absolute atomic E-state index is 10.1. The van der Waals surface area contributed by atoms with Crippen LogP contribution in [0.2, 0.25) is 0 Å². The average Bonchev–Trinajstić information content (AvgIpc) is 2.31. The Kier molecular flexibility index (Phi) is 3.94. The minimum Gasteiger partial charge on any atom is -0.507 e. The number of nitrogens with zero attached hydrogens (tertiary/aromatic N) is 1. The first-order valence-corrected chi connectivity index (χ1v) is 4.98. The van der Waals surface area contributed by atoms with Gasteiger partial charge in [-0.15, -0.1) is 6.58 Å². The van der Waals surface area contributed by atoms with E-state index in [1.54, 1.807) is 26.1 Å². The monoisotopic (exact) mass is 220 g/mol. The van der Waals surface area contributed by atoms with E-state index in [1.807, 2.05) is 6.07 Å². The van der Waals surface area contributed by atoms with E-state index in [2.05, 4.69) is 17.1 Å². The Labute approximate surface area is 94.9 Å². The van der Waals surface area contributed by atoms with Crippen molar-refractivity contribution in [1.82, 2.24) is 0 Å². The van der Waals surface area contributed by atoms with Crippen LogP contribution in [0.15, 0.2) is 29.9 Å². The SMILES string of the molecule is C=CCc1c(NC)ccc(/C(C)=N/O)c1O. The van der Waals surface area contributed by atoms with Gasteiger partial charge in [0.2, 0.25) is 0 Å². The topological polar surface area (TPSA) is 64.9 Å². The van der Waals surface area contributed by atoms with E-state index >= 15 is 0 Å². The lowest BCUT2D eigenvalue weighted by Crippen LogP contribution is -2.01. The summed E-state index contributed by atoms with van der Waals surface area (Å²) in [7, 11) is 1.79. The van der Waals surface area contributed by atoms with Crippen LogP contribution >= 0.6 is 0 Å². The van der Waals surface area contributed by atoms with Gasteiger partial charge in [-0.1, -0.05) is 11.2 Å². The third-order valence-electron chi connectivity index (χ3n) is 2.44. The number of phenolic OH excluding ortho intramolecular Hbond substituents is 1. The summed E-state index contributed by atoms with van der Waals surface area (Å²) in [6, 6.07) is 3.55. The Hall–Kier alpha value is -1.97. The first-order valence-electron chi connectivity index (χ1n) is 4.98. The highest BCUT2D eigenvalue weighted by molar-refractivity contribution is 6.01. The zero-order valence-corrected chi connectivity index (χ0v) is 9.49. The van der Waals surface area contributed by atoms with E-state index in [0.717, 1.165) is 11.3 Å². The van der Waals surface area contributed by atoms with Gasteiger partial charge >= 0.3 is 0 Å². The molecule has 0 radical (unpaired) electrons. The van der Waals surface area contributed by atoms with Gasteiger partial charge in [0.15, 0.2) is 0 Å². The molecule has 0 aliphatic heterocycles. The molecule has 0 saturated heterocycles. The number of aromatic hydroxyl groups is 1. The average molecular weight is 220 g/mol. The number of phenols is 1. The van der Waals surface area contributed by atoms with Crippen molar-refractivity contribution >= 4 is 11.4 Å². The van der Waals surface area contributed by atoms with Crippen molar-refractivity contribution < 1.29 is 10.3 Å². The van der Waals surface area contributed by atoms with Gasteiger partial charge < -0.3 is 15.6 Å². The molecule has 4 nitrogen and oxygen atoms in total.